The van der Waals surface area contributed by atoms with E-state index in [0.717, 1.165) is 0 Å². The summed E-state index contributed by atoms with van der Waals surface area (Å²) in [5.41, 5.74) is 0.120. The van der Waals surface area contributed by atoms with Crippen LogP contribution in [0.15, 0.2) is 42.5 Å². The number of carbonyl (C=O) groups excluding carboxylic acids is 1. The van der Waals surface area contributed by atoms with E-state index in [1.54, 1.807) is 18.2 Å². The molecule has 23 heavy (non-hydrogen) atoms. The van der Waals surface area contributed by atoms with E-state index < -0.39 is 16.9 Å². The van der Waals surface area contributed by atoms with Crippen LogP contribution in [0.3, 0.4) is 0 Å². The molecule has 0 aliphatic carbocycles. The molecule has 0 aliphatic heterocycles. The normalized spacial score (nSPS) is 11.6. The third-order valence-electron chi connectivity index (χ3n) is 2.92. The number of nitro groups is 1. The van der Waals surface area contributed by atoms with Crippen molar-refractivity contribution >= 4 is 40.5 Å². The highest BCUT2D eigenvalue weighted by atomic mass is 35.5. The number of ether oxygens (including phenoxy) is 1. The lowest BCUT2D eigenvalue weighted by Crippen LogP contribution is -2.30. The number of amides is 1. The molecule has 0 aromatic heterocycles. The molecule has 1 unspecified atom stereocenters. The molecular formula is C15H12Cl2N2O4. The average Bonchev–Trinajstić information content (AvgIpc) is 2.51. The van der Waals surface area contributed by atoms with Crippen LogP contribution in [0.1, 0.15) is 6.92 Å². The van der Waals surface area contributed by atoms with Gasteiger partial charge < -0.3 is 10.1 Å². The maximum absolute atomic E-state index is 12.2. The Morgan fingerprint density at radius 1 is 1.26 bits per heavy atom. The van der Waals surface area contributed by atoms with Crippen molar-refractivity contribution in [1.82, 2.24) is 0 Å². The van der Waals surface area contributed by atoms with Crippen molar-refractivity contribution in [2.24, 2.45) is 0 Å². The van der Waals surface area contributed by atoms with Gasteiger partial charge >= 0.3 is 5.69 Å². The molecule has 2 rings (SSSR count). The highest BCUT2D eigenvalue weighted by molar-refractivity contribution is 6.35. The second-order valence-electron chi connectivity index (χ2n) is 4.60. The molecule has 0 aliphatic rings. The lowest BCUT2D eigenvalue weighted by atomic mass is 10.2. The Bertz CT molecular complexity index is 752. The highest BCUT2D eigenvalue weighted by Crippen LogP contribution is 2.28. The van der Waals surface area contributed by atoms with E-state index in [2.05, 4.69) is 5.32 Å². The maximum atomic E-state index is 12.2. The highest BCUT2D eigenvalue weighted by Gasteiger charge is 2.21. The van der Waals surface area contributed by atoms with Gasteiger partial charge in [-0.15, -0.1) is 0 Å². The lowest BCUT2D eigenvalue weighted by molar-refractivity contribution is -0.386. The molecule has 1 amide bonds. The maximum Gasteiger partial charge on any atom is 0.310 e. The minimum atomic E-state index is -0.967. The summed E-state index contributed by atoms with van der Waals surface area (Å²) >= 11 is 11.8. The predicted molar refractivity (Wildman–Crippen MR) is 88.3 cm³/mol. The molecular weight excluding hydrogens is 343 g/mol. The number of nitrogens with one attached hydrogen (secondary N) is 1. The zero-order valence-electron chi connectivity index (χ0n) is 12.0. The second-order valence-corrected chi connectivity index (χ2v) is 5.44. The van der Waals surface area contributed by atoms with E-state index >= 15 is 0 Å². The number of carbonyl (C=O) groups is 1. The number of rotatable bonds is 5. The van der Waals surface area contributed by atoms with Crippen molar-refractivity contribution in [3.63, 3.8) is 0 Å². The molecule has 120 valence electrons. The van der Waals surface area contributed by atoms with Crippen LogP contribution in [0.4, 0.5) is 11.4 Å². The van der Waals surface area contributed by atoms with Gasteiger partial charge in [0, 0.05) is 11.1 Å². The molecule has 2 aromatic rings. The molecule has 6 nitrogen and oxygen atoms in total. The van der Waals surface area contributed by atoms with Crippen molar-refractivity contribution in [2.45, 2.75) is 13.0 Å². The number of hydrogen-bond acceptors (Lipinski definition) is 4. The molecule has 0 fully saturated rings. The van der Waals surface area contributed by atoms with Gasteiger partial charge in [-0.05, 0) is 31.2 Å². The van der Waals surface area contributed by atoms with Crippen molar-refractivity contribution < 1.29 is 14.5 Å². The van der Waals surface area contributed by atoms with Crippen LogP contribution in [0.5, 0.6) is 5.75 Å². The number of benzene rings is 2. The third kappa shape index (κ3) is 4.34. The number of halogens is 2. The average molecular weight is 355 g/mol. The number of nitro benzene ring substituents is 1. The van der Waals surface area contributed by atoms with Crippen molar-refractivity contribution in [1.29, 1.82) is 0 Å². The number of para-hydroxylation sites is 2. The van der Waals surface area contributed by atoms with Gasteiger partial charge in [-0.3, -0.25) is 14.9 Å². The molecule has 0 saturated carbocycles. The second kappa shape index (κ2) is 7.30. The Hall–Kier alpha value is -2.31. The van der Waals surface area contributed by atoms with E-state index in [-0.39, 0.29) is 11.4 Å². The fraction of sp³-hybridized carbons (Fsp3) is 0.133. The smallest absolute Gasteiger partial charge is 0.310 e. The Labute approximate surface area is 142 Å². The van der Waals surface area contributed by atoms with Crippen LogP contribution in [0.2, 0.25) is 10.0 Å². The Morgan fingerprint density at radius 3 is 2.65 bits per heavy atom. The molecule has 0 heterocycles. The summed E-state index contributed by atoms with van der Waals surface area (Å²) in [6.45, 7) is 1.48. The summed E-state index contributed by atoms with van der Waals surface area (Å²) in [4.78, 5) is 22.5. The molecule has 0 saturated heterocycles. The third-order valence-corrected chi connectivity index (χ3v) is 3.49. The lowest BCUT2D eigenvalue weighted by Gasteiger charge is -2.15. The summed E-state index contributed by atoms with van der Waals surface area (Å²) in [6.07, 6.45) is -0.967. The fourth-order valence-electron chi connectivity index (χ4n) is 1.78. The Kier molecular flexibility index (Phi) is 5.41. The van der Waals surface area contributed by atoms with Crippen LogP contribution in [0.25, 0.3) is 0 Å². The standard InChI is InChI=1S/C15H12Cl2N2O4/c1-9(23-14-5-3-2-4-13(14)19(21)22)15(20)18-12-8-10(16)6-7-11(12)17/h2-9H,1H3,(H,18,20). The predicted octanol–water partition coefficient (Wildman–Crippen LogP) is 4.31. The van der Waals surface area contributed by atoms with Crippen molar-refractivity contribution in [2.75, 3.05) is 5.32 Å². The largest absolute Gasteiger partial charge is 0.474 e. The molecule has 0 bridgehead atoms. The van der Waals surface area contributed by atoms with Gasteiger partial charge in [-0.25, -0.2) is 0 Å². The molecule has 8 heteroatoms. The first-order valence-electron chi connectivity index (χ1n) is 6.54. The minimum Gasteiger partial charge on any atom is -0.474 e. The van der Waals surface area contributed by atoms with E-state index in [9.17, 15) is 14.9 Å². The SMILES string of the molecule is CC(Oc1ccccc1[N+](=O)[O-])C(=O)Nc1cc(Cl)ccc1Cl. The molecule has 2 aromatic carbocycles. The van der Waals surface area contributed by atoms with Crippen LogP contribution in [-0.2, 0) is 4.79 Å². The Balaban J connectivity index is 2.12. The van der Waals surface area contributed by atoms with Gasteiger partial charge in [0.2, 0.25) is 0 Å². The topological polar surface area (TPSA) is 81.5 Å². The summed E-state index contributed by atoms with van der Waals surface area (Å²) in [5.74, 6) is -0.496. The number of hydrogen-bond donors (Lipinski definition) is 1. The zero-order valence-corrected chi connectivity index (χ0v) is 13.5. The van der Waals surface area contributed by atoms with Crippen LogP contribution in [0, 0.1) is 10.1 Å². The van der Waals surface area contributed by atoms with E-state index in [1.165, 1.54) is 31.2 Å². The van der Waals surface area contributed by atoms with E-state index in [0.29, 0.717) is 15.7 Å². The summed E-state index contributed by atoms with van der Waals surface area (Å²) in [7, 11) is 0. The first-order valence-corrected chi connectivity index (χ1v) is 7.30. The summed E-state index contributed by atoms with van der Waals surface area (Å²) in [6, 6.07) is 10.5. The van der Waals surface area contributed by atoms with E-state index in [1.807, 2.05) is 0 Å². The van der Waals surface area contributed by atoms with Crippen molar-refractivity contribution in [3.05, 3.63) is 62.6 Å². The van der Waals surface area contributed by atoms with Gasteiger partial charge in [-0.1, -0.05) is 35.3 Å². The number of anilines is 1. The first-order chi connectivity index (χ1) is 10.9. The van der Waals surface area contributed by atoms with Crippen molar-refractivity contribution in [3.8, 4) is 5.75 Å². The molecule has 0 spiro atoms. The Morgan fingerprint density at radius 2 is 1.96 bits per heavy atom. The molecule has 0 radical (unpaired) electrons. The van der Waals surface area contributed by atoms with Gasteiger partial charge in [0.25, 0.3) is 5.91 Å². The van der Waals surface area contributed by atoms with Gasteiger partial charge in [0.15, 0.2) is 11.9 Å². The first kappa shape index (κ1) is 17.1. The summed E-state index contributed by atoms with van der Waals surface area (Å²) < 4.78 is 5.38. The summed E-state index contributed by atoms with van der Waals surface area (Å²) in [5, 5.41) is 14.2. The zero-order chi connectivity index (χ0) is 17.0. The van der Waals surface area contributed by atoms with Crippen LogP contribution in [-0.4, -0.2) is 16.9 Å². The van der Waals surface area contributed by atoms with Gasteiger partial charge in [0.05, 0.1) is 15.6 Å². The quantitative estimate of drug-likeness (QED) is 0.640. The van der Waals surface area contributed by atoms with Gasteiger partial charge in [-0.2, -0.15) is 0 Å². The van der Waals surface area contributed by atoms with Gasteiger partial charge in [0.1, 0.15) is 0 Å². The fourth-order valence-corrected chi connectivity index (χ4v) is 2.12. The monoisotopic (exact) mass is 354 g/mol. The molecule has 1 atom stereocenters. The van der Waals surface area contributed by atoms with Crippen LogP contribution < -0.4 is 10.1 Å². The van der Waals surface area contributed by atoms with Crippen LogP contribution >= 0.6 is 23.2 Å². The number of nitrogens with zero attached hydrogens (tertiary/aromatic N) is 1. The van der Waals surface area contributed by atoms with E-state index in [4.69, 9.17) is 27.9 Å². The molecule has 1 N–H and O–H groups in total. The minimum absolute atomic E-state index is 0.0114.